The summed E-state index contributed by atoms with van der Waals surface area (Å²) in [4.78, 5) is 16.9. The van der Waals surface area contributed by atoms with Gasteiger partial charge in [0.25, 0.3) is 5.91 Å². The third-order valence-electron chi connectivity index (χ3n) is 5.66. The normalized spacial score (nSPS) is 15.2. The van der Waals surface area contributed by atoms with E-state index in [2.05, 4.69) is 6.92 Å². The van der Waals surface area contributed by atoms with Gasteiger partial charge in [0.2, 0.25) is 5.88 Å². The molecule has 1 aliphatic heterocycles. The standard InChI is InChI=1S/C22H26N4O4/c1-11-5-6-15(27)13(3)17(11)26-18(23)16(19(24)28)14-7-12(2)21(25-20(14)26)30-10-22(4)8-29-9-22/h5-7,27H,8-10,23H2,1-4H3,(H2,24,28). The van der Waals surface area contributed by atoms with Crippen LogP contribution in [0.15, 0.2) is 18.2 Å². The van der Waals surface area contributed by atoms with Crippen LogP contribution >= 0.6 is 0 Å². The number of primary amides is 1. The molecule has 158 valence electrons. The molecule has 1 aliphatic rings. The fourth-order valence-corrected chi connectivity index (χ4v) is 3.88. The molecule has 3 heterocycles. The predicted octanol–water partition coefficient (Wildman–Crippen LogP) is 2.75. The smallest absolute Gasteiger partial charge is 0.253 e. The van der Waals surface area contributed by atoms with Crippen LogP contribution in [0.3, 0.4) is 0 Å². The Labute approximate surface area is 174 Å². The number of amides is 1. The van der Waals surface area contributed by atoms with Crippen LogP contribution in [-0.2, 0) is 4.74 Å². The Morgan fingerprint density at radius 3 is 2.60 bits per heavy atom. The van der Waals surface area contributed by atoms with E-state index in [0.29, 0.717) is 48.0 Å². The Morgan fingerprint density at radius 2 is 2.00 bits per heavy atom. The van der Waals surface area contributed by atoms with Crippen LogP contribution in [0.25, 0.3) is 16.7 Å². The summed E-state index contributed by atoms with van der Waals surface area (Å²) in [6.07, 6.45) is 0. The first kappa shape index (κ1) is 20.0. The molecule has 4 rings (SSSR count). The molecule has 0 unspecified atom stereocenters. The number of phenols is 1. The molecule has 0 aliphatic carbocycles. The highest BCUT2D eigenvalue weighted by Crippen LogP contribution is 2.37. The number of nitrogens with two attached hydrogens (primary N) is 2. The van der Waals surface area contributed by atoms with E-state index in [-0.39, 0.29) is 22.5 Å². The number of aromatic nitrogens is 2. The molecule has 1 saturated heterocycles. The first-order valence-electron chi connectivity index (χ1n) is 9.74. The van der Waals surface area contributed by atoms with Gasteiger partial charge in [0.15, 0.2) is 5.65 Å². The molecule has 1 aromatic carbocycles. The van der Waals surface area contributed by atoms with E-state index in [1.54, 1.807) is 23.6 Å². The summed E-state index contributed by atoms with van der Waals surface area (Å²) in [5.41, 5.74) is 15.6. The number of pyridine rings is 1. The minimum atomic E-state index is -0.638. The molecular formula is C22H26N4O4. The number of anilines is 1. The average Bonchev–Trinajstić information content (AvgIpc) is 2.93. The van der Waals surface area contributed by atoms with Gasteiger partial charge in [-0.15, -0.1) is 0 Å². The van der Waals surface area contributed by atoms with Crippen LogP contribution in [0.5, 0.6) is 11.6 Å². The lowest BCUT2D eigenvalue weighted by Gasteiger charge is -2.37. The van der Waals surface area contributed by atoms with Crippen molar-refractivity contribution >= 4 is 22.8 Å². The van der Waals surface area contributed by atoms with Gasteiger partial charge >= 0.3 is 0 Å². The van der Waals surface area contributed by atoms with Gasteiger partial charge in [-0.05, 0) is 38.5 Å². The van der Waals surface area contributed by atoms with Gasteiger partial charge in [0, 0.05) is 21.9 Å². The minimum absolute atomic E-state index is 0.0408. The number of hydrogen-bond donors (Lipinski definition) is 3. The van der Waals surface area contributed by atoms with E-state index in [4.69, 9.17) is 25.9 Å². The number of hydrogen-bond acceptors (Lipinski definition) is 6. The topological polar surface area (TPSA) is 126 Å². The van der Waals surface area contributed by atoms with Crippen LogP contribution in [0.1, 0.15) is 34.0 Å². The summed E-state index contributed by atoms with van der Waals surface area (Å²) in [6, 6.07) is 5.23. The SMILES string of the molecule is Cc1cc2c(C(N)=O)c(N)n(-c3c(C)ccc(O)c3C)c2nc1OCC1(C)COC1. The van der Waals surface area contributed by atoms with Gasteiger partial charge < -0.3 is 26.0 Å². The maximum absolute atomic E-state index is 12.2. The number of nitrogen functional groups attached to an aromatic ring is 1. The zero-order chi connectivity index (χ0) is 21.8. The van der Waals surface area contributed by atoms with Gasteiger partial charge in [0.1, 0.15) is 11.6 Å². The Morgan fingerprint density at radius 1 is 1.30 bits per heavy atom. The van der Waals surface area contributed by atoms with E-state index >= 15 is 0 Å². The minimum Gasteiger partial charge on any atom is -0.508 e. The van der Waals surface area contributed by atoms with Crippen LogP contribution < -0.4 is 16.2 Å². The largest absolute Gasteiger partial charge is 0.508 e. The lowest BCUT2D eigenvalue weighted by Crippen LogP contribution is -2.44. The van der Waals surface area contributed by atoms with E-state index < -0.39 is 5.91 Å². The lowest BCUT2D eigenvalue weighted by molar-refractivity contribution is -0.120. The number of ether oxygens (including phenoxy) is 2. The molecule has 3 aromatic rings. The number of carbonyl (C=O) groups excluding carboxylic acids is 1. The quantitative estimate of drug-likeness (QED) is 0.594. The van der Waals surface area contributed by atoms with Crippen molar-refractivity contribution in [1.29, 1.82) is 0 Å². The number of phenolic OH excluding ortho intramolecular Hbond substituents is 1. The average molecular weight is 410 g/mol. The third-order valence-corrected chi connectivity index (χ3v) is 5.66. The summed E-state index contributed by atoms with van der Waals surface area (Å²) in [7, 11) is 0. The fourth-order valence-electron chi connectivity index (χ4n) is 3.88. The van der Waals surface area contributed by atoms with Crippen molar-refractivity contribution in [3.05, 3.63) is 40.5 Å². The molecule has 0 atom stereocenters. The van der Waals surface area contributed by atoms with Crippen molar-refractivity contribution < 1.29 is 19.4 Å². The maximum Gasteiger partial charge on any atom is 0.253 e. The Hall–Kier alpha value is -3.26. The van der Waals surface area contributed by atoms with Crippen LogP contribution in [0.4, 0.5) is 5.82 Å². The van der Waals surface area contributed by atoms with Crippen molar-refractivity contribution in [2.24, 2.45) is 11.1 Å². The molecule has 0 radical (unpaired) electrons. The second-order valence-electron chi connectivity index (χ2n) is 8.41. The first-order chi connectivity index (χ1) is 14.1. The van der Waals surface area contributed by atoms with E-state index in [9.17, 15) is 9.90 Å². The molecule has 30 heavy (non-hydrogen) atoms. The highest BCUT2D eigenvalue weighted by molar-refractivity contribution is 6.11. The highest BCUT2D eigenvalue weighted by Gasteiger charge is 2.35. The molecule has 8 heteroatoms. The Kier molecular flexibility index (Phi) is 4.62. The maximum atomic E-state index is 12.2. The second-order valence-corrected chi connectivity index (χ2v) is 8.41. The second kappa shape index (κ2) is 6.91. The lowest BCUT2D eigenvalue weighted by atomic mass is 9.90. The van der Waals surface area contributed by atoms with Crippen molar-refractivity contribution in [2.45, 2.75) is 27.7 Å². The number of rotatable bonds is 5. The summed E-state index contributed by atoms with van der Waals surface area (Å²) in [5, 5.41) is 10.8. The molecule has 0 spiro atoms. The third kappa shape index (κ3) is 3.04. The number of nitrogens with zero attached hydrogens (tertiary/aromatic N) is 2. The monoisotopic (exact) mass is 410 g/mol. The van der Waals surface area contributed by atoms with Gasteiger partial charge in [-0.3, -0.25) is 9.36 Å². The summed E-state index contributed by atoms with van der Waals surface area (Å²) in [5.74, 6) is 0.123. The van der Waals surface area contributed by atoms with E-state index in [1.807, 2.05) is 19.9 Å². The number of fused-ring (bicyclic) bond motifs is 1. The van der Waals surface area contributed by atoms with Crippen molar-refractivity contribution in [2.75, 3.05) is 25.6 Å². The Balaban J connectivity index is 1.95. The van der Waals surface area contributed by atoms with Crippen LogP contribution in [0, 0.1) is 26.2 Å². The number of benzene rings is 1. The first-order valence-corrected chi connectivity index (χ1v) is 9.74. The molecule has 1 fully saturated rings. The van der Waals surface area contributed by atoms with Gasteiger partial charge in [-0.25, -0.2) is 0 Å². The molecule has 0 saturated carbocycles. The number of aromatic hydroxyl groups is 1. The predicted molar refractivity (Wildman–Crippen MR) is 114 cm³/mol. The van der Waals surface area contributed by atoms with Gasteiger partial charge in [-0.2, -0.15) is 4.98 Å². The van der Waals surface area contributed by atoms with Crippen molar-refractivity contribution in [1.82, 2.24) is 9.55 Å². The summed E-state index contributed by atoms with van der Waals surface area (Å²) in [6.45, 7) is 9.40. The van der Waals surface area contributed by atoms with Crippen LogP contribution in [-0.4, -0.2) is 40.4 Å². The van der Waals surface area contributed by atoms with E-state index in [1.165, 1.54) is 0 Å². The fraction of sp³-hybridized carbons (Fsp3) is 0.364. The molecule has 1 amide bonds. The molecule has 8 nitrogen and oxygen atoms in total. The molecular weight excluding hydrogens is 384 g/mol. The zero-order valence-electron chi connectivity index (χ0n) is 17.6. The highest BCUT2D eigenvalue weighted by atomic mass is 16.5. The van der Waals surface area contributed by atoms with Crippen molar-refractivity contribution in [3.8, 4) is 17.3 Å². The van der Waals surface area contributed by atoms with Gasteiger partial charge in [0.05, 0.1) is 31.1 Å². The van der Waals surface area contributed by atoms with Gasteiger partial charge in [-0.1, -0.05) is 13.0 Å². The summed E-state index contributed by atoms with van der Waals surface area (Å²) >= 11 is 0. The number of aryl methyl sites for hydroxylation is 2. The Bertz CT molecular complexity index is 1180. The summed E-state index contributed by atoms with van der Waals surface area (Å²) < 4.78 is 13.0. The van der Waals surface area contributed by atoms with Crippen LogP contribution in [0.2, 0.25) is 0 Å². The van der Waals surface area contributed by atoms with Crippen molar-refractivity contribution in [3.63, 3.8) is 0 Å². The molecule has 0 bridgehead atoms. The molecule has 2 aromatic heterocycles. The zero-order valence-corrected chi connectivity index (χ0v) is 17.6. The molecule has 5 N–H and O–H groups in total. The van der Waals surface area contributed by atoms with E-state index in [0.717, 1.165) is 11.1 Å². The number of carbonyl (C=O) groups is 1.